The smallest absolute Gasteiger partial charge is 0.173 e. The summed E-state index contributed by atoms with van der Waals surface area (Å²) in [6.45, 7) is 2.30. The maximum Gasteiger partial charge on any atom is 0.173 e. The Morgan fingerprint density at radius 2 is 1.79 bits per heavy atom. The molecule has 7 rings (SSSR count). The van der Waals surface area contributed by atoms with Gasteiger partial charge in [-0.25, -0.2) is 0 Å². The summed E-state index contributed by atoms with van der Waals surface area (Å²) >= 11 is 0. The van der Waals surface area contributed by atoms with E-state index in [0.29, 0.717) is 11.8 Å². The standard InChI is InChI=1S/C12H14O2/c1-11-7-3-2-4-6-5(3)9(11)10(6)12(13,14-11)8(4)7/h3-10,13H,2H2,1H3/t3-,4-,5+,6+,7-,8+,9+,10+,11-,12-/m0/s1. The van der Waals surface area contributed by atoms with Gasteiger partial charge in [0.1, 0.15) is 0 Å². The SMILES string of the molecule is C[C@@]12O[C@@]3(O)[C@@H]4[C@H]5C[C@@H]([C@@H]6[C@@H]5[C@@H]3[C@@H]61)[C@@H]42. The summed E-state index contributed by atoms with van der Waals surface area (Å²) in [5.41, 5.74) is 0.0984. The molecule has 7 aliphatic rings. The van der Waals surface area contributed by atoms with Crippen LogP contribution in [0.3, 0.4) is 0 Å². The van der Waals surface area contributed by atoms with Crippen molar-refractivity contribution in [3.63, 3.8) is 0 Å². The highest BCUT2D eigenvalue weighted by Gasteiger charge is 2.96. The van der Waals surface area contributed by atoms with Crippen molar-refractivity contribution in [2.24, 2.45) is 47.3 Å². The third-order valence-corrected chi connectivity index (χ3v) is 7.17. The van der Waals surface area contributed by atoms with Crippen molar-refractivity contribution in [1.29, 1.82) is 0 Å². The molecule has 74 valence electrons. The molecular weight excluding hydrogens is 176 g/mol. The van der Waals surface area contributed by atoms with Crippen LogP contribution in [-0.2, 0) is 4.74 Å². The molecule has 0 aromatic rings. The van der Waals surface area contributed by atoms with Gasteiger partial charge in [0, 0.05) is 11.8 Å². The van der Waals surface area contributed by atoms with Gasteiger partial charge in [0.2, 0.25) is 0 Å². The quantitative estimate of drug-likeness (QED) is 0.613. The molecule has 5 aliphatic carbocycles. The fourth-order valence-electron chi connectivity index (χ4n) is 7.54. The number of aliphatic hydroxyl groups is 1. The maximum absolute atomic E-state index is 10.7. The van der Waals surface area contributed by atoms with Crippen LogP contribution < -0.4 is 0 Å². The van der Waals surface area contributed by atoms with Crippen LogP contribution >= 0.6 is 0 Å². The average molecular weight is 190 g/mol. The predicted molar refractivity (Wildman–Crippen MR) is 47.0 cm³/mol. The van der Waals surface area contributed by atoms with Crippen LogP contribution in [0.15, 0.2) is 0 Å². The molecule has 5 saturated carbocycles. The van der Waals surface area contributed by atoms with Crippen molar-refractivity contribution < 1.29 is 9.84 Å². The van der Waals surface area contributed by atoms with Gasteiger partial charge in [-0.1, -0.05) is 0 Å². The van der Waals surface area contributed by atoms with E-state index in [1.54, 1.807) is 0 Å². The summed E-state index contributed by atoms with van der Waals surface area (Å²) in [6, 6.07) is 0. The molecule has 2 aliphatic heterocycles. The Balaban J connectivity index is 1.83. The Morgan fingerprint density at radius 3 is 2.64 bits per heavy atom. The van der Waals surface area contributed by atoms with Crippen molar-refractivity contribution in [3.05, 3.63) is 0 Å². The zero-order chi connectivity index (χ0) is 9.03. The minimum absolute atomic E-state index is 0.0984. The van der Waals surface area contributed by atoms with E-state index in [-0.39, 0.29) is 5.60 Å². The molecular formula is C12H14O2. The Kier molecular flexibility index (Phi) is 0.592. The van der Waals surface area contributed by atoms with Gasteiger partial charge in [0.05, 0.1) is 5.60 Å². The van der Waals surface area contributed by atoms with Gasteiger partial charge in [-0.05, 0) is 48.9 Å². The molecule has 7 fully saturated rings. The van der Waals surface area contributed by atoms with Crippen LogP contribution in [0, 0.1) is 47.3 Å². The van der Waals surface area contributed by atoms with E-state index < -0.39 is 5.79 Å². The summed E-state index contributed by atoms with van der Waals surface area (Å²) < 4.78 is 6.10. The lowest BCUT2D eigenvalue weighted by Gasteiger charge is -2.45. The fraction of sp³-hybridized carbons (Fsp3) is 1.00. The average Bonchev–Trinajstić information content (AvgIpc) is 2.60. The molecule has 10 atom stereocenters. The molecule has 0 amide bonds. The lowest BCUT2D eigenvalue weighted by atomic mass is 9.57. The fourth-order valence-corrected chi connectivity index (χ4v) is 7.54. The van der Waals surface area contributed by atoms with E-state index in [4.69, 9.17) is 4.74 Å². The van der Waals surface area contributed by atoms with Crippen LogP contribution in [0.1, 0.15) is 13.3 Å². The molecule has 0 aromatic carbocycles. The van der Waals surface area contributed by atoms with E-state index in [1.165, 1.54) is 6.42 Å². The largest absolute Gasteiger partial charge is 0.365 e. The molecule has 2 nitrogen and oxygen atoms in total. The van der Waals surface area contributed by atoms with Gasteiger partial charge in [0.15, 0.2) is 5.79 Å². The summed E-state index contributed by atoms with van der Waals surface area (Å²) in [5, 5.41) is 10.7. The van der Waals surface area contributed by atoms with Crippen LogP contribution in [0.2, 0.25) is 0 Å². The monoisotopic (exact) mass is 190 g/mol. The first-order chi connectivity index (χ1) is 6.68. The second-order valence-electron chi connectivity index (χ2n) is 6.86. The molecule has 2 heteroatoms. The second kappa shape index (κ2) is 1.28. The van der Waals surface area contributed by atoms with Gasteiger partial charge >= 0.3 is 0 Å². The van der Waals surface area contributed by atoms with Gasteiger partial charge in [-0.2, -0.15) is 0 Å². The van der Waals surface area contributed by atoms with Crippen LogP contribution in [0.5, 0.6) is 0 Å². The van der Waals surface area contributed by atoms with Crippen molar-refractivity contribution in [2.75, 3.05) is 0 Å². The Morgan fingerprint density at radius 1 is 1.07 bits per heavy atom. The van der Waals surface area contributed by atoms with Crippen LogP contribution in [0.4, 0.5) is 0 Å². The van der Waals surface area contributed by atoms with Gasteiger partial charge in [-0.15, -0.1) is 0 Å². The van der Waals surface area contributed by atoms with E-state index in [1.807, 2.05) is 0 Å². The third kappa shape index (κ3) is 0.291. The lowest BCUT2D eigenvalue weighted by molar-refractivity contribution is -0.208. The maximum atomic E-state index is 10.7. The van der Waals surface area contributed by atoms with Crippen molar-refractivity contribution in [2.45, 2.75) is 24.7 Å². The molecule has 0 aromatic heterocycles. The number of ether oxygens (including phenoxy) is 1. The lowest BCUT2D eigenvalue weighted by Crippen LogP contribution is -2.50. The first-order valence-electron chi connectivity index (χ1n) is 6.10. The van der Waals surface area contributed by atoms with Crippen molar-refractivity contribution >= 4 is 0 Å². The predicted octanol–water partition coefficient (Wildman–Crippen LogP) is 0.852. The Bertz CT molecular complexity index is 367. The molecule has 0 spiro atoms. The van der Waals surface area contributed by atoms with Gasteiger partial charge in [-0.3, -0.25) is 0 Å². The third-order valence-electron chi connectivity index (χ3n) is 7.17. The first-order valence-corrected chi connectivity index (χ1v) is 6.10. The van der Waals surface area contributed by atoms with Gasteiger partial charge in [0.25, 0.3) is 0 Å². The minimum Gasteiger partial charge on any atom is -0.365 e. The zero-order valence-electron chi connectivity index (χ0n) is 8.18. The van der Waals surface area contributed by atoms with Gasteiger partial charge < -0.3 is 9.84 Å². The van der Waals surface area contributed by atoms with E-state index in [2.05, 4.69) is 6.92 Å². The molecule has 2 heterocycles. The van der Waals surface area contributed by atoms with E-state index in [0.717, 1.165) is 35.5 Å². The molecule has 14 heavy (non-hydrogen) atoms. The summed E-state index contributed by atoms with van der Waals surface area (Å²) in [5.74, 6) is 5.57. The molecule has 1 N–H and O–H groups in total. The van der Waals surface area contributed by atoms with Crippen LogP contribution in [-0.4, -0.2) is 16.5 Å². The minimum atomic E-state index is -0.652. The summed E-state index contributed by atoms with van der Waals surface area (Å²) in [7, 11) is 0. The topological polar surface area (TPSA) is 29.5 Å². The zero-order valence-corrected chi connectivity index (χ0v) is 8.18. The molecule has 0 unspecified atom stereocenters. The van der Waals surface area contributed by atoms with Crippen molar-refractivity contribution in [3.8, 4) is 0 Å². The second-order valence-corrected chi connectivity index (χ2v) is 6.86. The molecule has 4 bridgehead atoms. The highest BCUT2D eigenvalue weighted by molar-refractivity contribution is 5.40. The molecule has 0 radical (unpaired) electrons. The number of hydrogen-bond acceptors (Lipinski definition) is 2. The highest BCUT2D eigenvalue weighted by atomic mass is 16.7. The summed E-state index contributed by atoms with van der Waals surface area (Å²) in [6.07, 6.45) is 1.43. The van der Waals surface area contributed by atoms with E-state index >= 15 is 0 Å². The Hall–Kier alpha value is -0.0800. The van der Waals surface area contributed by atoms with E-state index in [9.17, 15) is 5.11 Å². The van der Waals surface area contributed by atoms with Crippen LogP contribution in [0.25, 0.3) is 0 Å². The summed E-state index contributed by atoms with van der Waals surface area (Å²) in [4.78, 5) is 0. The number of hydrogen-bond donors (Lipinski definition) is 1. The normalized spacial score (nSPS) is 93.0. The highest BCUT2D eigenvalue weighted by Crippen LogP contribution is 2.92. The molecule has 2 saturated heterocycles. The first kappa shape index (κ1) is 6.49. The number of rotatable bonds is 0. The Labute approximate surface area is 82.6 Å². The van der Waals surface area contributed by atoms with Crippen molar-refractivity contribution in [1.82, 2.24) is 0 Å².